The summed E-state index contributed by atoms with van der Waals surface area (Å²) in [5.41, 5.74) is 2.67. The maximum Gasteiger partial charge on any atom is 0.191 e. The van der Waals surface area contributed by atoms with Crippen LogP contribution in [0, 0.1) is 6.92 Å². The summed E-state index contributed by atoms with van der Waals surface area (Å²) in [5, 5.41) is 13.6. The van der Waals surface area contributed by atoms with Gasteiger partial charge < -0.3 is 14.6 Å². The van der Waals surface area contributed by atoms with E-state index in [9.17, 15) is 4.79 Å². The third-order valence-corrected chi connectivity index (χ3v) is 6.63. The number of thioether (sulfide) groups is 1. The lowest BCUT2D eigenvalue weighted by Crippen LogP contribution is -2.19. The number of rotatable bonds is 9. The number of nitrogens with zero attached hydrogens (tertiary/aromatic N) is 3. The first-order chi connectivity index (χ1) is 15.1. The normalized spacial score (nSPS) is 15.9. The van der Waals surface area contributed by atoms with E-state index >= 15 is 0 Å². The van der Waals surface area contributed by atoms with Crippen molar-refractivity contribution in [1.29, 1.82) is 0 Å². The van der Waals surface area contributed by atoms with E-state index in [1.165, 1.54) is 11.8 Å². The highest BCUT2D eigenvalue weighted by Gasteiger charge is 2.21. The minimum atomic E-state index is 0.0752. The number of ether oxygens (including phenoxy) is 1. The molecule has 31 heavy (non-hydrogen) atoms. The molecule has 0 bridgehead atoms. The third kappa shape index (κ3) is 5.67. The molecule has 1 saturated heterocycles. The van der Waals surface area contributed by atoms with Gasteiger partial charge in [-0.25, -0.2) is 0 Å². The number of ketones is 1. The topological polar surface area (TPSA) is 69.0 Å². The highest BCUT2D eigenvalue weighted by atomic mass is 35.5. The Bertz CT molecular complexity index is 1040. The molecule has 1 N–H and O–H groups in total. The number of hydrogen-bond donors (Lipinski definition) is 1. The van der Waals surface area contributed by atoms with Crippen molar-refractivity contribution in [1.82, 2.24) is 14.8 Å². The fourth-order valence-electron chi connectivity index (χ4n) is 3.45. The second kappa shape index (κ2) is 10.3. The molecule has 1 aliphatic rings. The van der Waals surface area contributed by atoms with Crippen molar-refractivity contribution in [2.24, 2.45) is 0 Å². The Balaban J connectivity index is 1.47. The van der Waals surface area contributed by atoms with Crippen LogP contribution in [0.3, 0.4) is 0 Å². The van der Waals surface area contributed by atoms with Gasteiger partial charge in [0, 0.05) is 22.9 Å². The third-order valence-electron chi connectivity index (χ3n) is 5.25. The molecule has 0 spiro atoms. The van der Waals surface area contributed by atoms with E-state index in [1.807, 2.05) is 55.5 Å². The molecule has 2 aromatic carbocycles. The van der Waals surface area contributed by atoms with Gasteiger partial charge in [-0.05, 0) is 37.5 Å². The molecule has 0 radical (unpaired) electrons. The molecule has 0 amide bonds. The molecule has 162 valence electrons. The van der Waals surface area contributed by atoms with Gasteiger partial charge in [0.25, 0.3) is 0 Å². The smallest absolute Gasteiger partial charge is 0.191 e. The Morgan fingerprint density at radius 2 is 2.10 bits per heavy atom. The predicted molar refractivity (Wildman–Crippen MR) is 124 cm³/mol. The highest BCUT2D eigenvalue weighted by Crippen LogP contribution is 2.24. The van der Waals surface area contributed by atoms with Crippen molar-refractivity contribution >= 4 is 34.8 Å². The highest BCUT2D eigenvalue weighted by molar-refractivity contribution is 7.99. The second-order valence-corrected chi connectivity index (χ2v) is 8.89. The van der Waals surface area contributed by atoms with Gasteiger partial charge >= 0.3 is 0 Å². The lowest BCUT2D eigenvalue weighted by molar-refractivity contribution is 0.0942. The van der Waals surface area contributed by atoms with Gasteiger partial charge in [-0.3, -0.25) is 4.79 Å². The average Bonchev–Trinajstić information content (AvgIpc) is 3.44. The zero-order valence-corrected chi connectivity index (χ0v) is 19.0. The van der Waals surface area contributed by atoms with E-state index in [2.05, 4.69) is 20.1 Å². The minimum absolute atomic E-state index is 0.0752. The molecule has 4 rings (SSSR count). The SMILES string of the molecule is Cc1ccc(NCc2nnc(SCC(=O)c3ccccc3)n2CC2CCCO2)cc1Cl. The summed E-state index contributed by atoms with van der Waals surface area (Å²) < 4.78 is 7.90. The molecule has 8 heteroatoms. The van der Waals surface area contributed by atoms with Gasteiger partial charge in [0.15, 0.2) is 16.8 Å². The van der Waals surface area contributed by atoms with Crippen LogP contribution in [0.2, 0.25) is 5.02 Å². The summed E-state index contributed by atoms with van der Waals surface area (Å²) in [7, 11) is 0. The first-order valence-electron chi connectivity index (χ1n) is 10.3. The Morgan fingerprint density at radius 1 is 1.26 bits per heavy atom. The number of hydrogen-bond acceptors (Lipinski definition) is 6. The van der Waals surface area contributed by atoms with Crippen LogP contribution in [-0.2, 0) is 17.8 Å². The second-order valence-electron chi connectivity index (χ2n) is 7.54. The van der Waals surface area contributed by atoms with Crippen molar-refractivity contribution in [3.05, 3.63) is 70.5 Å². The maximum absolute atomic E-state index is 12.5. The largest absolute Gasteiger partial charge is 0.378 e. The van der Waals surface area contributed by atoms with Crippen molar-refractivity contribution in [2.75, 3.05) is 17.7 Å². The average molecular weight is 457 g/mol. The van der Waals surface area contributed by atoms with Crippen molar-refractivity contribution in [3.63, 3.8) is 0 Å². The van der Waals surface area contributed by atoms with Crippen LogP contribution in [0.5, 0.6) is 0 Å². The standard InChI is InChI=1S/C23H25ClN4O2S/c1-16-9-10-18(12-20(16)24)25-13-22-26-27-23(28(22)14-19-8-5-11-30-19)31-15-21(29)17-6-3-2-4-7-17/h2-4,6-7,9-10,12,19,25H,5,8,11,13-15H2,1H3. The minimum Gasteiger partial charge on any atom is -0.378 e. The van der Waals surface area contributed by atoms with E-state index in [4.69, 9.17) is 16.3 Å². The lowest BCUT2D eigenvalue weighted by Gasteiger charge is -2.15. The zero-order chi connectivity index (χ0) is 21.6. The Labute approximate surface area is 191 Å². The fourth-order valence-corrected chi connectivity index (χ4v) is 4.49. The van der Waals surface area contributed by atoms with Crippen LogP contribution < -0.4 is 5.32 Å². The Kier molecular flexibility index (Phi) is 7.27. The Hall–Kier alpha value is -2.35. The van der Waals surface area contributed by atoms with E-state index < -0.39 is 0 Å². The van der Waals surface area contributed by atoms with E-state index in [-0.39, 0.29) is 11.9 Å². The van der Waals surface area contributed by atoms with E-state index in [1.54, 1.807) is 0 Å². The number of aromatic nitrogens is 3. The van der Waals surface area contributed by atoms with E-state index in [0.717, 1.165) is 46.7 Å². The number of anilines is 1. The van der Waals surface area contributed by atoms with Crippen LogP contribution in [0.15, 0.2) is 53.7 Å². The molecule has 0 aliphatic carbocycles. The molecule has 1 aromatic heterocycles. The molecule has 1 fully saturated rings. The van der Waals surface area contributed by atoms with Gasteiger partial charge in [0.05, 0.1) is 24.9 Å². The van der Waals surface area contributed by atoms with Gasteiger partial charge in [-0.2, -0.15) is 0 Å². The van der Waals surface area contributed by atoms with Crippen LogP contribution in [0.1, 0.15) is 34.6 Å². The number of halogens is 1. The molecular formula is C23H25ClN4O2S. The quantitative estimate of drug-likeness (QED) is 0.360. The molecule has 1 atom stereocenters. The van der Waals surface area contributed by atoms with Crippen LogP contribution in [-0.4, -0.2) is 39.0 Å². The number of Topliss-reactive ketones (excluding diaryl/α,β-unsaturated/α-hetero) is 1. The van der Waals surface area contributed by atoms with Crippen molar-refractivity contribution < 1.29 is 9.53 Å². The van der Waals surface area contributed by atoms with Crippen LogP contribution >= 0.6 is 23.4 Å². The number of aryl methyl sites for hydroxylation is 1. The molecular weight excluding hydrogens is 432 g/mol. The van der Waals surface area contributed by atoms with Gasteiger partial charge in [-0.15, -0.1) is 10.2 Å². The fraction of sp³-hybridized carbons (Fsp3) is 0.348. The molecule has 0 saturated carbocycles. The molecule has 3 aromatic rings. The lowest BCUT2D eigenvalue weighted by atomic mass is 10.2. The van der Waals surface area contributed by atoms with Crippen molar-refractivity contribution in [2.45, 2.75) is 44.1 Å². The summed E-state index contributed by atoms with van der Waals surface area (Å²) in [5.74, 6) is 1.20. The Morgan fingerprint density at radius 3 is 2.84 bits per heavy atom. The molecule has 6 nitrogen and oxygen atoms in total. The molecule has 1 unspecified atom stereocenters. The van der Waals surface area contributed by atoms with Crippen LogP contribution in [0.25, 0.3) is 0 Å². The van der Waals surface area contributed by atoms with Gasteiger partial charge in [-0.1, -0.05) is 59.8 Å². The zero-order valence-electron chi connectivity index (χ0n) is 17.4. The molecule has 2 heterocycles. The van der Waals surface area contributed by atoms with Crippen molar-refractivity contribution in [3.8, 4) is 0 Å². The predicted octanol–water partition coefficient (Wildman–Crippen LogP) is 5.01. The van der Waals surface area contributed by atoms with Crippen LogP contribution in [0.4, 0.5) is 5.69 Å². The maximum atomic E-state index is 12.5. The van der Waals surface area contributed by atoms with Gasteiger partial charge in [0.1, 0.15) is 0 Å². The number of nitrogens with one attached hydrogen (secondary N) is 1. The first-order valence-corrected chi connectivity index (χ1v) is 11.7. The number of carbonyl (C=O) groups excluding carboxylic acids is 1. The summed E-state index contributed by atoms with van der Waals surface area (Å²) in [6, 6.07) is 15.2. The monoisotopic (exact) mass is 456 g/mol. The summed E-state index contributed by atoms with van der Waals surface area (Å²) in [6.07, 6.45) is 2.23. The number of carbonyl (C=O) groups is 1. The number of benzene rings is 2. The van der Waals surface area contributed by atoms with Gasteiger partial charge in [0.2, 0.25) is 0 Å². The summed E-state index contributed by atoms with van der Waals surface area (Å²) in [6.45, 7) is 3.95. The van der Waals surface area contributed by atoms with E-state index in [0.29, 0.717) is 24.4 Å². The molecule has 1 aliphatic heterocycles. The summed E-state index contributed by atoms with van der Waals surface area (Å²) >= 11 is 7.66. The summed E-state index contributed by atoms with van der Waals surface area (Å²) in [4.78, 5) is 12.5. The first kappa shape index (κ1) is 21.9.